The van der Waals surface area contributed by atoms with Gasteiger partial charge in [-0.15, -0.1) is 11.3 Å². The van der Waals surface area contributed by atoms with Crippen LogP contribution in [0.4, 0.5) is 11.4 Å². The van der Waals surface area contributed by atoms with Crippen LogP contribution < -0.4 is 4.90 Å². The first kappa shape index (κ1) is 14.3. The van der Waals surface area contributed by atoms with Crippen LogP contribution in [0.1, 0.15) is 11.1 Å². The van der Waals surface area contributed by atoms with Crippen LogP contribution >= 0.6 is 11.3 Å². The van der Waals surface area contributed by atoms with E-state index in [1.54, 1.807) is 11.3 Å². The molecule has 0 bridgehead atoms. The number of anilines is 2. The first-order valence-corrected chi connectivity index (χ1v) is 8.59. The number of thiophene rings is 1. The highest BCUT2D eigenvalue weighted by atomic mass is 32.1. The molecule has 4 rings (SSSR count). The van der Waals surface area contributed by atoms with E-state index >= 15 is 0 Å². The van der Waals surface area contributed by atoms with Crippen LogP contribution in [-0.2, 0) is 6.54 Å². The summed E-state index contributed by atoms with van der Waals surface area (Å²) in [5.41, 5.74) is 4.38. The van der Waals surface area contributed by atoms with E-state index in [9.17, 15) is 5.26 Å². The maximum atomic E-state index is 9.18. The third-order valence-corrected chi connectivity index (χ3v) is 5.29. The lowest BCUT2D eigenvalue weighted by Gasteiger charge is -2.25. The molecule has 0 atom stereocenters. The van der Waals surface area contributed by atoms with Gasteiger partial charge in [0, 0.05) is 35.7 Å². The molecule has 0 N–H and O–H groups in total. The number of nitriles is 1. The molecule has 0 saturated carbocycles. The Kier molecular flexibility index (Phi) is 3.53. The monoisotopic (exact) mass is 319 g/mol. The zero-order valence-electron chi connectivity index (χ0n) is 13.0. The average molecular weight is 319 g/mol. The van der Waals surface area contributed by atoms with Crippen molar-refractivity contribution in [2.45, 2.75) is 6.54 Å². The summed E-state index contributed by atoms with van der Waals surface area (Å²) in [5, 5.41) is 12.6. The van der Waals surface area contributed by atoms with E-state index < -0.39 is 0 Å². The van der Waals surface area contributed by atoms with Gasteiger partial charge in [-0.3, -0.25) is 0 Å². The number of hydrogen-bond donors (Lipinski definition) is 0. The van der Waals surface area contributed by atoms with E-state index in [1.807, 2.05) is 12.1 Å². The minimum atomic E-state index is 0.729. The summed E-state index contributed by atoms with van der Waals surface area (Å²) in [6.45, 7) is 2.82. The van der Waals surface area contributed by atoms with Crippen molar-refractivity contribution in [1.82, 2.24) is 4.90 Å². The van der Waals surface area contributed by atoms with Crippen LogP contribution in [0.15, 0.2) is 47.8 Å². The first-order valence-electron chi connectivity index (χ1n) is 7.71. The normalized spacial score (nSPS) is 15.2. The lowest BCUT2D eigenvalue weighted by molar-refractivity contribution is 0.343. The summed E-state index contributed by atoms with van der Waals surface area (Å²) < 4.78 is 1.32. The second-order valence-corrected chi connectivity index (χ2v) is 6.94. The maximum absolute atomic E-state index is 9.18. The molecule has 0 aliphatic carbocycles. The lowest BCUT2D eigenvalue weighted by atomic mass is 10.1. The lowest BCUT2D eigenvalue weighted by Crippen LogP contribution is -2.26. The van der Waals surface area contributed by atoms with E-state index in [-0.39, 0.29) is 0 Å². The molecule has 3 aromatic rings. The van der Waals surface area contributed by atoms with E-state index in [0.717, 1.165) is 25.2 Å². The summed E-state index contributed by atoms with van der Waals surface area (Å²) in [7, 11) is 2.13. The molecule has 0 fully saturated rings. The van der Waals surface area contributed by atoms with Crippen molar-refractivity contribution < 1.29 is 0 Å². The number of nitrogens with zero attached hydrogens (tertiary/aromatic N) is 3. The van der Waals surface area contributed by atoms with E-state index in [2.05, 4.69) is 58.6 Å². The Morgan fingerprint density at radius 3 is 2.87 bits per heavy atom. The molecule has 0 amide bonds. The topological polar surface area (TPSA) is 30.3 Å². The minimum absolute atomic E-state index is 0.729. The SMILES string of the molecule is CN1CCN(c2ccc3sccc3c2)c2ccc(C#N)cc2C1. The van der Waals surface area contributed by atoms with Crippen LogP contribution in [0.2, 0.25) is 0 Å². The van der Waals surface area contributed by atoms with E-state index in [0.29, 0.717) is 0 Å². The molecule has 0 saturated heterocycles. The number of benzene rings is 2. The standard InChI is InChI=1S/C19H17N3S/c1-21-7-8-22(17-3-5-19-15(11-17)6-9-23-19)18-4-2-14(12-20)10-16(18)13-21/h2-6,9-11H,7-8,13H2,1H3. The highest BCUT2D eigenvalue weighted by molar-refractivity contribution is 7.17. The van der Waals surface area contributed by atoms with Crippen molar-refractivity contribution in [2.24, 2.45) is 0 Å². The fourth-order valence-electron chi connectivity index (χ4n) is 3.20. The third kappa shape index (κ3) is 2.59. The molecule has 4 heteroatoms. The van der Waals surface area contributed by atoms with Crippen molar-refractivity contribution in [2.75, 3.05) is 25.0 Å². The summed E-state index contributed by atoms with van der Waals surface area (Å²) >= 11 is 1.77. The Morgan fingerprint density at radius 2 is 2.00 bits per heavy atom. The smallest absolute Gasteiger partial charge is 0.0991 e. The molecule has 0 unspecified atom stereocenters. The van der Waals surface area contributed by atoms with Crippen LogP contribution in [0.25, 0.3) is 10.1 Å². The van der Waals surface area contributed by atoms with Crippen molar-refractivity contribution in [3.8, 4) is 6.07 Å². The van der Waals surface area contributed by atoms with Gasteiger partial charge in [0.1, 0.15) is 0 Å². The van der Waals surface area contributed by atoms with Gasteiger partial charge in [0.05, 0.1) is 11.6 Å². The number of likely N-dealkylation sites (N-methyl/N-ethyl adjacent to an activating group) is 1. The first-order chi connectivity index (χ1) is 11.2. The molecule has 0 spiro atoms. The highest BCUT2D eigenvalue weighted by Gasteiger charge is 2.19. The zero-order chi connectivity index (χ0) is 15.8. The van der Waals surface area contributed by atoms with Gasteiger partial charge in [-0.25, -0.2) is 0 Å². The minimum Gasteiger partial charge on any atom is -0.340 e. The second kappa shape index (κ2) is 5.69. The van der Waals surface area contributed by atoms with E-state index in [4.69, 9.17) is 0 Å². The highest BCUT2D eigenvalue weighted by Crippen LogP contribution is 2.34. The molecule has 114 valence electrons. The summed E-state index contributed by atoms with van der Waals surface area (Å²) in [6, 6.07) is 17.1. The van der Waals surface area contributed by atoms with E-state index in [1.165, 1.54) is 27.0 Å². The Hall–Kier alpha value is -2.35. The van der Waals surface area contributed by atoms with Gasteiger partial charge in [0.15, 0.2) is 0 Å². The second-order valence-electron chi connectivity index (χ2n) is 5.99. The summed E-state index contributed by atoms with van der Waals surface area (Å²) in [4.78, 5) is 4.68. The van der Waals surface area contributed by atoms with Crippen LogP contribution in [0, 0.1) is 11.3 Å². The molecule has 23 heavy (non-hydrogen) atoms. The van der Waals surface area contributed by atoms with Gasteiger partial charge >= 0.3 is 0 Å². The quantitative estimate of drug-likeness (QED) is 0.668. The maximum Gasteiger partial charge on any atom is 0.0991 e. The van der Waals surface area contributed by atoms with Crippen molar-refractivity contribution in [1.29, 1.82) is 5.26 Å². The van der Waals surface area contributed by atoms with Gasteiger partial charge in [-0.05, 0) is 65.8 Å². The summed E-state index contributed by atoms with van der Waals surface area (Å²) in [5.74, 6) is 0. The van der Waals surface area contributed by atoms with Crippen molar-refractivity contribution >= 4 is 32.8 Å². The van der Waals surface area contributed by atoms with Gasteiger partial charge in [-0.2, -0.15) is 5.26 Å². The van der Waals surface area contributed by atoms with Gasteiger partial charge in [0.25, 0.3) is 0 Å². The largest absolute Gasteiger partial charge is 0.340 e. The van der Waals surface area contributed by atoms with Crippen LogP contribution in [0.3, 0.4) is 0 Å². The van der Waals surface area contributed by atoms with Crippen LogP contribution in [0.5, 0.6) is 0 Å². The molecular formula is C19H17N3S. The Morgan fingerprint density at radius 1 is 1.09 bits per heavy atom. The predicted octanol–water partition coefficient (Wildman–Crippen LogP) is 4.36. The van der Waals surface area contributed by atoms with Crippen molar-refractivity contribution in [3.63, 3.8) is 0 Å². The Balaban J connectivity index is 1.83. The molecule has 2 heterocycles. The molecule has 1 aliphatic rings. The Labute approximate surface area is 140 Å². The van der Waals surface area contributed by atoms with Gasteiger partial charge < -0.3 is 9.80 Å². The molecular weight excluding hydrogens is 302 g/mol. The van der Waals surface area contributed by atoms with Gasteiger partial charge in [-0.1, -0.05) is 0 Å². The zero-order valence-corrected chi connectivity index (χ0v) is 13.8. The molecule has 2 aromatic carbocycles. The predicted molar refractivity (Wildman–Crippen MR) is 96.3 cm³/mol. The summed E-state index contributed by atoms with van der Waals surface area (Å²) in [6.07, 6.45) is 0. The number of hydrogen-bond acceptors (Lipinski definition) is 4. The van der Waals surface area contributed by atoms with Crippen molar-refractivity contribution in [3.05, 3.63) is 59.0 Å². The van der Waals surface area contributed by atoms with Crippen LogP contribution in [-0.4, -0.2) is 25.0 Å². The molecule has 1 aliphatic heterocycles. The molecule has 1 aromatic heterocycles. The fraction of sp³-hybridized carbons (Fsp3) is 0.211. The Bertz CT molecular complexity index is 906. The average Bonchev–Trinajstić information content (AvgIpc) is 2.97. The molecule has 0 radical (unpaired) electrons. The molecule has 3 nitrogen and oxygen atoms in total. The van der Waals surface area contributed by atoms with Gasteiger partial charge in [0.2, 0.25) is 0 Å². The number of rotatable bonds is 1. The fourth-order valence-corrected chi connectivity index (χ4v) is 3.97. The number of fused-ring (bicyclic) bond motifs is 2. The third-order valence-electron chi connectivity index (χ3n) is 4.39.